The maximum atomic E-state index is 12.1. The minimum atomic E-state index is 0.147. The van der Waals surface area contributed by atoms with E-state index >= 15 is 0 Å². The number of hydrogen-bond acceptors (Lipinski definition) is 3. The molecule has 1 amide bonds. The zero-order valence-electron chi connectivity index (χ0n) is 15.0. The van der Waals surface area contributed by atoms with E-state index in [0.29, 0.717) is 19.0 Å². The van der Waals surface area contributed by atoms with Gasteiger partial charge in [0.15, 0.2) is 5.96 Å². The highest BCUT2D eigenvalue weighted by Crippen LogP contribution is 2.12. The van der Waals surface area contributed by atoms with Crippen molar-refractivity contribution in [2.24, 2.45) is 4.99 Å². The molecular weight excluding hydrogens is 302 g/mol. The normalized spacial score (nSPS) is 14.6. The molecule has 0 spiro atoms. The van der Waals surface area contributed by atoms with Crippen LogP contribution in [0.4, 0.5) is 5.69 Å². The zero-order chi connectivity index (χ0) is 17.4. The van der Waals surface area contributed by atoms with Crippen molar-refractivity contribution in [1.82, 2.24) is 15.5 Å². The Morgan fingerprint density at radius 2 is 1.83 bits per heavy atom. The van der Waals surface area contributed by atoms with Crippen molar-refractivity contribution in [3.05, 3.63) is 29.8 Å². The van der Waals surface area contributed by atoms with E-state index in [1.54, 1.807) is 0 Å². The largest absolute Gasteiger partial charge is 0.378 e. The van der Waals surface area contributed by atoms with Crippen LogP contribution in [0.2, 0.25) is 0 Å². The summed E-state index contributed by atoms with van der Waals surface area (Å²) in [5, 5.41) is 6.32. The first-order chi connectivity index (χ1) is 11.6. The molecule has 0 unspecified atom stereocenters. The number of aliphatic imine (C=N–C) groups is 1. The molecule has 0 radical (unpaired) electrons. The molecule has 0 atom stereocenters. The smallest absolute Gasteiger partial charge is 0.241 e. The van der Waals surface area contributed by atoms with Gasteiger partial charge in [0.25, 0.3) is 0 Å². The van der Waals surface area contributed by atoms with Crippen LogP contribution in [0.1, 0.15) is 25.3 Å². The molecule has 1 aromatic rings. The standard InChI is InChI=1S/C18H29N5O/c1-4-19-18(21-14-17(24)23-11-5-6-12-23)20-13-15-7-9-16(10-8-15)22(2)3/h7-10H,4-6,11-14H2,1-3H3,(H2,19,20,21). The Bertz CT molecular complexity index is 547. The van der Waals surface area contributed by atoms with Gasteiger partial charge in [0.1, 0.15) is 0 Å². The fourth-order valence-electron chi connectivity index (χ4n) is 2.65. The topological polar surface area (TPSA) is 60.0 Å². The van der Waals surface area contributed by atoms with Gasteiger partial charge in [0, 0.05) is 39.4 Å². The monoisotopic (exact) mass is 331 g/mol. The first kappa shape index (κ1) is 18.1. The van der Waals surface area contributed by atoms with Gasteiger partial charge >= 0.3 is 0 Å². The zero-order valence-corrected chi connectivity index (χ0v) is 15.0. The van der Waals surface area contributed by atoms with Gasteiger partial charge in [-0.2, -0.15) is 0 Å². The molecule has 1 fully saturated rings. The molecule has 6 nitrogen and oxygen atoms in total. The lowest BCUT2D eigenvalue weighted by atomic mass is 10.2. The number of carbonyl (C=O) groups is 1. The van der Waals surface area contributed by atoms with Crippen molar-refractivity contribution < 1.29 is 4.79 Å². The van der Waals surface area contributed by atoms with Crippen LogP contribution in [-0.2, 0) is 11.3 Å². The molecule has 1 aromatic carbocycles. The number of benzene rings is 1. The highest BCUT2D eigenvalue weighted by molar-refractivity contribution is 5.86. The van der Waals surface area contributed by atoms with Gasteiger partial charge in [-0.05, 0) is 37.5 Å². The Hall–Kier alpha value is -2.24. The third-order valence-corrected chi connectivity index (χ3v) is 4.08. The molecule has 6 heteroatoms. The minimum Gasteiger partial charge on any atom is -0.378 e. The van der Waals surface area contributed by atoms with Crippen LogP contribution in [0.25, 0.3) is 0 Å². The van der Waals surface area contributed by atoms with E-state index in [1.165, 1.54) is 5.69 Å². The van der Waals surface area contributed by atoms with E-state index < -0.39 is 0 Å². The molecule has 0 aliphatic carbocycles. The summed E-state index contributed by atoms with van der Waals surface area (Å²) in [6, 6.07) is 8.33. The molecule has 1 aliphatic heterocycles. The molecule has 2 N–H and O–H groups in total. The number of carbonyl (C=O) groups excluding carboxylic acids is 1. The van der Waals surface area contributed by atoms with E-state index in [9.17, 15) is 4.79 Å². The molecule has 0 saturated carbocycles. The van der Waals surface area contributed by atoms with Gasteiger partial charge in [-0.15, -0.1) is 0 Å². The number of nitrogens with one attached hydrogen (secondary N) is 2. The summed E-state index contributed by atoms with van der Waals surface area (Å²) in [5.74, 6) is 0.829. The second kappa shape index (κ2) is 9.15. The van der Waals surface area contributed by atoms with Gasteiger partial charge < -0.3 is 20.4 Å². The number of guanidine groups is 1. The quantitative estimate of drug-likeness (QED) is 0.612. The van der Waals surface area contributed by atoms with Crippen LogP contribution in [-0.4, -0.2) is 57.0 Å². The Morgan fingerprint density at radius 3 is 2.42 bits per heavy atom. The fraction of sp³-hybridized carbons (Fsp3) is 0.556. The van der Waals surface area contributed by atoms with Crippen LogP contribution in [0.3, 0.4) is 0 Å². The van der Waals surface area contributed by atoms with E-state index in [-0.39, 0.29) is 5.91 Å². The summed E-state index contributed by atoms with van der Waals surface area (Å²) in [6.07, 6.45) is 2.23. The van der Waals surface area contributed by atoms with Gasteiger partial charge in [-0.3, -0.25) is 4.79 Å². The van der Waals surface area contributed by atoms with Gasteiger partial charge in [-0.25, -0.2) is 4.99 Å². The predicted molar refractivity (Wildman–Crippen MR) is 99.4 cm³/mol. The van der Waals surface area contributed by atoms with Crippen molar-refractivity contribution in [2.75, 3.05) is 45.2 Å². The fourth-order valence-corrected chi connectivity index (χ4v) is 2.65. The summed E-state index contributed by atoms with van der Waals surface area (Å²) in [4.78, 5) is 20.7. The van der Waals surface area contributed by atoms with Crippen LogP contribution >= 0.6 is 0 Å². The summed E-state index contributed by atoms with van der Waals surface area (Å²) in [6.45, 7) is 5.43. The molecule has 24 heavy (non-hydrogen) atoms. The lowest BCUT2D eigenvalue weighted by Crippen LogP contribution is -2.44. The average Bonchev–Trinajstić information content (AvgIpc) is 3.12. The number of nitrogens with zero attached hydrogens (tertiary/aromatic N) is 3. The molecule has 1 heterocycles. The lowest BCUT2D eigenvalue weighted by molar-refractivity contribution is -0.128. The second-order valence-corrected chi connectivity index (χ2v) is 6.20. The summed E-state index contributed by atoms with van der Waals surface area (Å²) < 4.78 is 0. The van der Waals surface area contributed by atoms with Crippen molar-refractivity contribution in [3.63, 3.8) is 0 Å². The Balaban J connectivity index is 1.88. The summed E-state index contributed by atoms with van der Waals surface area (Å²) in [5.41, 5.74) is 2.31. The summed E-state index contributed by atoms with van der Waals surface area (Å²) in [7, 11) is 4.05. The number of anilines is 1. The number of hydrogen-bond donors (Lipinski definition) is 2. The van der Waals surface area contributed by atoms with Crippen LogP contribution in [0.5, 0.6) is 0 Å². The average molecular weight is 331 g/mol. The van der Waals surface area contributed by atoms with Gasteiger partial charge in [0.05, 0.1) is 13.1 Å². The van der Waals surface area contributed by atoms with Crippen molar-refractivity contribution in [3.8, 4) is 0 Å². The lowest BCUT2D eigenvalue weighted by Gasteiger charge is -2.17. The number of likely N-dealkylation sites (tertiary alicyclic amines) is 1. The minimum absolute atomic E-state index is 0.147. The predicted octanol–water partition coefficient (Wildman–Crippen LogP) is 1.43. The first-order valence-corrected chi connectivity index (χ1v) is 8.66. The number of rotatable bonds is 6. The first-order valence-electron chi connectivity index (χ1n) is 8.66. The van der Waals surface area contributed by atoms with E-state index in [1.807, 2.05) is 25.9 Å². The molecule has 1 aliphatic rings. The van der Waals surface area contributed by atoms with Crippen molar-refractivity contribution in [1.29, 1.82) is 0 Å². The maximum absolute atomic E-state index is 12.1. The van der Waals surface area contributed by atoms with Gasteiger partial charge in [-0.1, -0.05) is 12.1 Å². The molecule has 2 rings (SSSR count). The molecular formula is C18H29N5O. The van der Waals surface area contributed by atoms with Crippen molar-refractivity contribution in [2.45, 2.75) is 26.3 Å². The van der Waals surface area contributed by atoms with Crippen LogP contribution in [0, 0.1) is 0 Å². The third kappa shape index (κ3) is 5.44. The molecule has 0 aromatic heterocycles. The Kier molecular flexibility index (Phi) is 6.90. The SMILES string of the molecule is CCNC(=NCc1ccc(N(C)C)cc1)NCC(=O)N1CCCC1. The molecule has 0 bridgehead atoms. The third-order valence-electron chi connectivity index (χ3n) is 4.08. The Morgan fingerprint density at radius 1 is 1.17 bits per heavy atom. The summed E-state index contributed by atoms with van der Waals surface area (Å²) >= 11 is 0. The van der Waals surface area contributed by atoms with E-state index in [4.69, 9.17) is 0 Å². The van der Waals surface area contributed by atoms with E-state index in [2.05, 4.69) is 44.8 Å². The highest BCUT2D eigenvalue weighted by Gasteiger charge is 2.17. The van der Waals surface area contributed by atoms with E-state index in [0.717, 1.165) is 38.0 Å². The van der Waals surface area contributed by atoms with Gasteiger partial charge in [0.2, 0.25) is 5.91 Å². The molecule has 132 valence electrons. The second-order valence-electron chi connectivity index (χ2n) is 6.20. The maximum Gasteiger partial charge on any atom is 0.241 e. The van der Waals surface area contributed by atoms with Crippen molar-refractivity contribution >= 4 is 17.6 Å². The Labute approximate surface area is 144 Å². The van der Waals surface area contributed by atoms with Crippen LogP contribution < -0.4 is 15.5 Å². The molecule has 1 saturated heterocycles. The number of amides is 1. The van der Waals surface area contributed by atoms with Crippen LogP contribution in [0.15, 0.2) is 29.3 Å². The highest BCUT2D eigenvalue weighted by atomic mass is 16.2.